The Morgan fingerprint density at radius 1 is 1.17 bits per heavy atom. The van der Waals surface area contributed by atoms with Gasteiger partial charge in [0.25, 0.3) is 0 Å². The van der Waals surface area contributed by atoms with E-state index in [1.54, 1.807) is 6.92 Å². The fourth-order valence-electron chi connectivity index (χ4n) is 2.22. The smallest absolute Gasteiger partial charge is 0.367 e. The number of aryl methyl sites for hydroxylation is 2. The first kappa shape index (κ1) is 14.7. The molecule has 3 aromatic rings. The second-order valence-electron chi connectivity index (χ2n) is 4.99. The Kier molecular flexibility index (Phi) is 3.76. The van der Waals surface area contributed by atoms with E-state index in [1.807, 2.05) is 37.3 Å². The molecule has 2 N–H and O–H groups in total. The van der Waals surface area contributed by atoms with E-state index in [-0.39, 0.29) is 11.4 Å². The van der Waals surface area contributed by atoms with Crippen molar-refractivity contribution < 1.29 is 9.52 Å². The summed E-state index contributed by atoms with van der Waals surface area (Å²) >= 11 is 0. The maximum Gasteiger partial charge on any atom is 0.367 e. The number of aromatic hydroxyl groups is 1. The van der Waals surface area contributed by atoms with Crippen molar-refractivity contribution in [2.75, 3.05) is 0 Å². The molecule has 7 nitrogen and oxygen atoms in total. The molecular formula is C16H14N4O3. The number of hydrogen-bond acceptors (Lipinski definition) is 6. The van der Waals surface area contributed by atoms with Crippen LogP contribution < -0.4 is 5.63 Å². The minimum Gasteiger partial charge on any atom is -0.505 e. The summed E-state index contributed by atoms with van der Waals surface area (Å²) in [6.07, 6.45) is 0. The Balaban J connectivity index is 2.04. The number of benzene rings is 1. The molecule has 2 aromatic heterocycles. The van der Waals surface area contributed by atoms with Crippen molar-refractivity contribution in [3.05, 3.63) is 58.3 Å². The van der Waals surface area contributed by atoms with Gasteiger partial charge in [-0.15, -0.1) is 10.2 Å². The van der Waals surface area contributed by atoms with Crippen molar-refractivity contribution in [3.63, 3.8) is 0 Å². The Morgan fingerprint density at radius 2 is 1.91 bits per heavy atom. The van der Waals surface area contributed by atoms with Gasteiger partial charge >= 0.3 is 5.63 Å². The normalized spacial score (nSPS) is 11.2. The van der Waals surface area contributed by atoms with Crippen molar-refractivity contribution in [2.24, 2.45) is 10.2 Å². The lowest BCUT2D eigenvalue weighted by Crippen LogP contribution is -1.98. The van der Waals surface area contributed by atoms with Crippen LogP contribution >= 0.6 is 0 Å². The van der Waals surface area contributed by atoms with Gasteiger partial charge in [-0.2, -0.15) is 5.10 Å². The maximum atomic E-state index is 11.7. The van der Waals surface area contributed by atoms with Crippen LogP contribution in [0.25, 0.3) is 11.1 Å². The Hall–Kier alpha value is -3.22. The van der Waals surface area contributed by atoms with E-state index in [9.17, 15) is 9.90 Å². The van der Waals surface area contributed by atoms with Crippen molar-refractivity contribution in [2.45, 2.75) is 13.8 Å². The lowest BCUT2D eigenvalue weighted by Gasteiger charge is -2.00. The molecule has 0 saturated carbocycles. The van der Waals surface area contributed by atoms with Crippen LogP contribution in [0.1, 0.15) is 11.5 Å². The van der Waals surface area contributed by atoms with E-state index in [1.165, 1.54) is 6.07 Å². The van der Waals surface area contributed by atoms with Gasteiger partial charge in [-0.05, 0) is 19.4 Å². The summed E-state index contributed by atoms with van der Waals surface area (Å²) in [5.41, 5.74) is 1.53. The second kappa shape index (κ2) is 5.88. The average Bonchev–Trinajstić information content (AvgIpc) is 2.88. The first-order valence-corrected chi connectivity index (χ1v) is 6.92. The molecule has 116 valence electrons. The van der Waals surface area contributed by atoms with E-state index >= 15 is 0 Å². The van der Waals surface area contributed by atoms with Crippen molar-refractivity contribution >= 4 is 11.5 Å². The molecule has 0 amide bonds. The van der Waals surface area contributed by atoms with Gasteiger partial charge in [-0.1, -0.05) is 30.3 Å². The molecule has 0 fully saturated rings. The molecular weight excluding hydrogens is 296 g/mol. The van der Waals surface area contributed by atoms with Gasteiger partial charge in [0, 0.05) is 11.8 Å². The number of aromatic nitrogens is 2. The summed E-state index contributed by atoms with van der Waals surface area (Å²) in [6, 6.07) is 10.9. The summed E-state index contributed by atoms with van der Waals surface area (Å²) < 4.78 is 4.90. The van der Waals surface area contributed by atoms with Crippen LogP contribution in [0.3, 0.4) is 0 Å². The summed E-state index contributed by atoms with van der Waals surface area (Å²) in [4.78, 5) is 11.7. The Bertz CT molecular complexity index is 926. The molecule has 0 bridgehead atoms. The third kappa shape index (κ3) is 2.89. The molecule has 0 unspecified atom stereocenters. The second-order valence-corrected chi connectivity index (χ2v) is 4.99. The predicted molar refractivity (Wildman–Crippen MR) is 84.3 cm³/mol. The highest BCUT2D eigenvalue weighted by atomic mass is 16.4. The first-order chi connectivity index (χ1) is 11.1. The average molecular weight is 310 g/mol. The zero-order chi connectivity index (χ0) is 16.4. The zero-order valence-corrected chi connectivity index (χ0v) is 12.6. The van der Waals surface area contributed by atoms with E-state index < -0.39 is 5.63 Å². The van der Waals surface area contributed by atoms with E-state index in [4.69, 9.17) is 4.42 Å². The zero-order valence-electron chi connectivity index (χ0n) is 12.6. The highest BCUT2D eigenvalue weighted by Gasteiger charge is 2.13. The van der Waals surface area contributed by atoms with Crippen LogP contribution in [-0.4, -0.2) is 15.3 Å². The van der Waals surface area contributed by atoms with Gasteiger partial charge in [0.05, 0.1) is 5.56 Å². The summed E-state index contributed by atoms with van der Waals surface area (Å²) in [5.74, 6) is 0.344. The maximum absolute atomic E-state index is 11.7. The molecule has 0 saturated heterocycles. The van der Waals surface area contributed by atoms with Crippen LogP contribution in [-0.2, 0) is 0 Å². The quantitative estimate of drug-likeness (QED) is 0.718. The first-order valence-electron chi connectivity index (χ1n) is 6.92. The molecule has 0 aliphatic rings. The highest BCUT2D eigenvalue weighted by molar-refractivity contribution is 5.75. The van der Waals surface area contributed by atoms with Gasteiger partial charge in [0.2, 0.25) is 11.5 Å². The minimum absolute atomic E-state index is 0.254. The van der Waals surface area contributed by atoms with Gasteiger partial charge in [-0.25, -0.2) is 4.79 Å². The lowest BCUT2D eigenvalue weighted by atomic mass is 10.1. The fourth-order valence-corrected chi connectivity index (χ4v) is 2.22. The SMILES string of the molecule is Cc1cc(O)c(N=Nc2n[nH]c(C)c2-c2ccccc2)c(=O)o1. The Labute approximate surface area is 131 Å². The number of nitrogens with one attached hydrogen (secondary N) is 1. The number of rotatable bonds is 3. The minimum atomic E-state index is -0.750. The Morgan fingerprint density at radius 3 is 2.61 bits per heavy atom. The van der Waals surface area contributed by atoms with Crippen LogP contribution in [0.15, 0.2) is 55.8 Å². The number of hydrogen-bond donors (Lipinski definition) is 2. The van der Waals surface area contributed by atoms with Gasteiger partial charge in [0.1, 0.15) is 5.76 Å². The molecule has 1 aromatic carbocycles. The standard InChI is InChI=1S/C16H14N4O3/c1-9-8-12(21)14(16(22)23-9)18-20-15-13(10(2)17-19-15)11-6-4-3-5-7-11/h3-8,21H,1-2H3,(H,17,19). The van der Waals surface area contributed by atoms with E-state index in [0.717, 1.165) is 16.8 Å². The van der Waals surface area contributed by atoms with Gasteiger partial charge < -0.3 is 9.52 Å². The van der Waals surface area contributed by atoms with Crippen LogP contribution in [0.4, 0.5) is 11.5 Å². The van der Waals surface area contributed by atoms with E-state index in [2.05, 4.69) is 20.4 Å². The molecule has 2 heterocycles. The predicted octanol–water partition coefficient (Wildman–Crippen LogP) is 3.77. The summed E-state index contributed by atoms with van der Waals surface area (Å²) in [7, 11) is 0. The monoisotopic (exact) mass is 310 g/mol. The number of azo groups is 1. The van der Waals surface area contributed by atoms with Crippen molar-refractivity contribution in [3.8, 4) is 16.9 Å². The summed E-state index contributed by atoms with van der Waals surface area (Å²) in [5, 5.41) is 24.5. The molecule has 7 heteroatoms. The molecule has 0 aliphatic heterocycles. The molecule has 0 radical (unpaired) electrons. The fraction of sp³-hybridized carbons (Fsp3) is 0.125. The highest BCUT2D eigenvalue weighted by Crippen LogP contribution is 2.33. The van der Waals surface area contributed by atoms with Crippen LogP contribution in [0.2, 0.25) is 0 Å². The van der Waals surface area contributed by atoms with Crippen molar-refractivity contribution in [1.29, 1.82) is 0 Å². The van der Waals surface area contributed by atoms with E-state index in [0.29, 0.717) is 11.6 Å². The molecule has 0 atom stereocenters. The number of nitrogens with zero attached hydrogens (tertiary/aromatic N) is 3. The van der Waals surface area contributed by atoms with Crippen LogP contribution in [0.5, 0.6) is 5.75 Å². The molecule has 0 aliphatic carbocycles. The molecule has 0 spiro atoms. The third-order valence-electron chi connectivity index (χ3n) is 3.26. The van der Waals surface area contributed by atoms with Gasteiger partial charge in [0.15, 0.2) is 5.75 Å². The topological polar surface area (TPSA) is 104 Å². The number of aromatic amines is 1. The molecule has 3 rings (SSSR count). The lowest BCUT2D eigenvalue weighted by molar-refractivity contribution is 0.437. The third-order valence-corrected chi connectivity index (χ3v) is 3.26. The van der Waals surface area contributed by atoms with Crippen molar-refractivity contribution in [1.82, 2.24) is 10.2 Å². The van der Waals surface area contributed by atoms with Crippen LogP contribution in [0, 0.1) is 13.8 Å². The van der Waals surface area contributed by atoms with Gasteiger partial charge in [-0.3, -0.25) is 5.10 Å². The summed E-state index contributed by atoms with van der Waals surface area (Å²) in [6.45, 7) is 3.43. The number of H-pyrrole nitrogens is 1. The molecule has 23 heavy (non-hydrogen) atoms. The largest absolute Gasteiger partial charge is 0.505 e.